The molecule has 31 heavy (non-hydrogen) atoms. The van der Waals surface area contributed by atoms with E-state index >= 15 is 0 Å². The summed E-state index contributed by atoms with van der Waals surface area (Å²) in [5.41, 5.74) is 5.05. The molecule has 0 spiro atoms. The number of fused-ring (bicyclic) bond motifs is 1. The number of benzene rings is 1. The lowest BCUT2D eigenvalue weighted by Crippen LogP contribution is -2.54. The monoisotopic (exact) mass is 430 g/mol. The van der Waals surface area contributed by atoms with Crippen molar-refractivity contribution >= 4 is 17.8 Å². The standard InChI is InChI=1S/C21H21F3N6O/c1-10-16(24)17(11-3-4-11)27-20(26-10)30-8-14-18(31)29(2)19(25)28-21(14,9-30)13-7-12(22)5-6-15(13)23/h5-7,11,14H,3-4,8-9H2,1-2H3,(H2,25,28)/t14-,21+/m0/s1. The fourth-order valence-corrected chi connectivity index (χ4v) is 4.51. The Kier molecular flexibility index (Phi) is 4.25. The molecular weight excluding hydrogens is 409 g/mol. The van der Waals surface area contributed by atoms with E-state index in [1.165, 1.54) is 11.9 Å². The summed E-state index contributed by atoms with van der Waals surface area (Å²) in [7, 11) is 1.49. The number of aliphatic imine (C=N–C) groups is 1. The van der Waals surface area contributed by atoms with Gasteiger partial charge in [0.2, 0.25) is 11.9 Å². The van der Waals surface area contributed by atoms with Gasteiger partial charge in [-0.05, 0) is 38.0 Å². The molecule has 1 amide bonds. The first-order valence-electron chi connectivity index (χ1n) is 10.1. The first-order valence-corrected chi connectivity index (χ1v) is 10.1. The molecule has 1 aromatic carbocycles. The van der Waals surface area contributed by atoms with Crippen LogP contribution in [-0.4, -0.2) is 46.9 Å². The molecule has 2 fully saturated rings. The van der Waals surface area contributed by atoms with E-state index < -0.39 is 28.9 Å². The van der Waals surface area contributed by atoms with Crippen molar-refractivity contribution in [1.82, 2.24) is 14.9 Å². The molecule has 2 aromatic rings. The van der Waals surface area contributed by atoms with Gasteiger partial charge in [0.05, 0.1) is 23.9 Å². The number of hydrogen-bond acceptors (Lipinski definition) is 6. The minimum atomic E-state index is -1.44. The average Bonchev–Trinajstić information content (AvgIpc) is 3.50. The van der Waals surface area contributed by atoms with E-state index in [9.17, 15) is 18.0 Å². The van der Waals surface area contributed by atoms with Crippen molar-refractivity contribution in [3.05, 3.63) is 52.6 Å². The quantitative estimate of drug-likeness (QED) is 0.807. The van der Waals surface area contributed by atoms with E-state index in [0.29, 0.717) is 5.69 Å². The Bertz CT molecular complexity index is 1130. The molecular formula is C21H21F3N6O. The topological polar surface area (TPSA) is 87.7 Å². The van der Waals surface area contributed by atoms with Crippen molar-refractivity contribution in [1.29, 1.82) is 0 Å². The minimum absolute atomic E-state index is 0.00744. The van der Waals surface area contributed by atoms with Gasteiger partial charge in [0.25, 0.3) is 0 Å². The number of anilines is 1. The third kappa shape index (κ3) is 2.95. The zero-order valence-electron chi connectivity index (χ0n) is 17.1. The van der Waals surface area contributed by atoms with E-state index in [0.717, 1.165) is 31.0 Å². The van der Waals surface area contributed by atoms with Crippen LogP contribution in [0.25, 0.3) is 0 Å². The molecule has 3 heterocycles. The number of nitrogens with two attached hydrogens (primary N) is 1. The number of rotatable bonds is 3. The van der Waals surface area contributed by atoms with Crippen LogP contribution < -0.4 is 10.6 Å². The van der Waals surface area contributed by atoms with Crippen molar-refractivity contribution in [3.8, 4) is 0 Å². The van der Waals surface area contributed by atoms with Gasteiger partial charge in [-0.25, -0.2) is 28.1 Å². The van der Waals surface area contributed by atoms with E-state index in [-0.39, 0.29) is 48.1 Å². The summed E-state index contributed by atoms with van der Waals surface area (Å²) in [5.74, 6) is -2.73. The molecule has 1 saturated heterocycles. The lowest BCUT2D eigenvalue weighted by atomic mass is 9.79. The molecule has 0 radical (unpaired) electrons. The summed E-state index contributed by atoms with van der Waals surface area (Å²) in [4.78, 5) is 29.2. The molecule has 2 aliphatic heterocycles. The highest BCUT2D eigenvalue weighted by Crippen LogP contribution is 2.46. The maximum Gasteiger partial charge on any atom is 0.236 e. The summed E-state index contributed by atoms with van der Waals surface area (Å²) in [6.45, 7) is 1.69. The number of hydrogen-bond donors (Lipinski definition) is 1. The fraction of sp³-hybridized carbons (Fsp3) is 0.429. The second-order valence-electron chi connectivity index (χ2n) is 8.43. The largest absolute Gasteiger partial charge is 0.369 e. The Balaban J connectivity index is 1.65. The first-order chi connectivity index (χ1) is 14.7. The number of amides is 1. The maximum absolute atomic E-state index is 14.9. The molecule has 1 aromatic heterocycles. The number of guanidine groups is 1. The summed E-state index contributed by atoms with van der Waals surface area (Å²) in [5, 5.41) is 0. The highest BCUT2D eigenvalue weighted by molar-refractivity contribution is 6.01. The lowest BCUT2D eigenvalue weighted by molar-refractivity contribution is -0.132. The Morgan fingerprint density at radius 2 is 1.94 bits per heavy atom. The normalized spacial score (nSPS) is 25.6. The predicted molar refractivity (Wildman–Crippen MR) is 107 cm³/mol. The number of carbonyl (C=O) groups is 1. The molecule has 7 nitrogen and oxygen atoms in total. The predicted octanol–water partition coefficient (Wildman–Crippen LogP) is 2.20. The van der Waals surface area contributed by atoms with Crippen LogP contribution in [0.15, 0.2) is 23.2 Å². The molecule has 0 unspecified atom stereocenters. The Hall–Kier alpha value is -3.17. The summed E-state index contributed by atoms with van der Waals surface area (Å²) >= 11 is 0. The van der Waals surface area contributed by atoms with Crippen molar-refractivity contribution in [2.75, 3.05) is 25.0 Å². The smallest absolute Gasteiger partial charge is 0.236 e. The van der Waals surface area contributed by atoms with Crippen LogP contribution in [0.2, 0.25) is 0 Å². The van der Waals surface area contributed by atoms with Crippen molar-refractivity contribution in [2.45, 2.75) is 31.2 Å². The van der Waals surface area contributed by atoms with Crippen LogP contribution in [0.5, 0.6) is 0 Å². The van der Waals surface area contributed by atoms with E-state index in [4.69, 9.17) is 5.73 Å². The van der Waals surface area contributed by atoms with Gasteiger partial charge >= 0.3 is 0 Å². The molecule has 162 valence electrons. The van der Waals surface area contributed by atoms with Gasteiger partial charge in [-0.2, -0.15) is 0 Å². The van der Waals surface area contributed by atoms with Crippen LogP contribution in [0.4, 0.5) is 19.1 Å². The van der Waals surface area contributed by atoms with E-state index in [2.05, 4.69) is 15.0 Å². The lowest BCUT2D eigenvalue weighted by Gasteiger charge is -2.37. The van der Waals surface area contributed by atoms with Crippen molar-refractivity contribution < 1.29 is 18.0 Å². The zero-order valence-corrected chi connectivity index (χ0v) is 17.1. The third-order valence-electron chi connectivity index (χ3n) is 6.37. The van der Waals surface area contributed by atoms with Crippen LogP contribution >= 0.6 is 0 Å². The number of halogens is 3. The van der Waals surface area contributed by atoms with E-state index in [1.54, 1.807) is 11.8 Å². The van der Waals surface area contributed by atoms with Gasteiger partial charge < -0.3 is 10.6 Å². The molecule has 1 aliphatic carbocycles. The molecule has 0 bridgehead atoms. The second-order valence-corrected chi connectivity index (χ2v) is 8.43. The SMILES string of the molecule is Cc1nc(N2C[C@H]3C(=O)N(C)C(N)=N[C@@]3(c3cc(F)ccc3F)C2)nc(C2CC2)c1F. The van der Waals surface area contributed by atoms with Gasteiger partial charge in [-0.15, -0.1) is 0 Å². The van der Waals surface area contributed by atoms with Gasteiger partial charge in [0.15, 0.2) is 11.8 Å². The highest BCUT2D eigenvalue weighted by atomic mass is 19.1. The molecule has 2 atom stereocenters. The highest BCUT2D eigenvalue weighted by Gasteiger charge is 2.57. The molecule has 5 rings (SSSR count). The Morgan fingerprint density at radius 3 is 2.65 bits per heavy atom. The van der Waals surface area contributed by atoms with Gasteiger partial charge in [-0.3, -0.25) is 9.69 Å². The van der Waals surface area contributed by atoms with Crippen molar-refractivity contribution in [3.63, 3.8) is 0 Å². The second kappa shape index (κ2) is 6.66. The molecule has 10 heteroatoms. The van der Waals surface area contributed by atoms with Crippen LogP contribution in [0.3, 0.4) is 0 Å². The van der Waals surface area contributed by atoms with Crippen molar-refractivity contribution in [2.24, 2.45) is 16.6 Å². The maximum atomic E-state index is 14.9. The number of nitrogens with zero attached hydrogens (tertiary/aromatic N) is 5. The fourth-order valence-electron chi connectivity index (χ4n) is 4.51. The van der Waals surface area contributed by atoms with Gasteiger partial charge in [0.1, 0.15) is 17.2 Å². The Labute approximate surface area is 176 Å². The molecule has 3 aliphatic rings. The summed E-state index contributed by atoms with van der Waals surface area (Å²) < 4.78 is 43.5. The van der Waals surface area contributed by atoms with Gasteiger partial charge in [0, 0.05) is 25.1 Å². The molecule has 2 N–H and O–H groups in total. The first kappa shape index (κ1) is 19.8. The number of aryl methyl sites for hydroxylation is 1. The van der Waals surface area contributed by atoms with Crippen LogP contribution in [0.1, 0.15) is 35.7 Å². The third-order valence-corrected chi connectivity index (χ3v) is 6.37. The summed E-state index contributed by atoms with van der Waals surface area (Å²) in [6.07, 6.45) is 1.72. The number of carbonyl (C=O) groups excluding carboxylic acids is 1. The van der Waals surface area contributed by atoms with Gasteiger partial charge in [-0.1, -0.05) is 0 Å². The van der Waals surface area contributed by atoms with E-state index in [1.807, 2.05) is 0 Å². The number of aromatic nitrogens is 2. The zero-order chi connectivity index (χ0) is 22.1. The van der Waals surface area contributed by atoms with Crippen LogP contribution in [-0.2, 0) is 10.3 Å². The molecule has 1 saturated carbocycles. The Morgan fingerprint density at radius 1 is 1.19 bits per heavy atom. The summed E-state index contributed by atoms with van der Waals surface area (Å²) in [6, 6.07) is 3.07. The van der Waals surface area contributed by atoms with Crippen LogP contribution in [0, 0.1) is 30.3 Å². The minimum Gasteiger partial charge on any atom is -0.369 e. The average molecular weight is 430 g/mol.